The number of fused-ring (bicyclic) bond motifs is 1. The first kappa shape index (κ1) is 37.7. The topological polar surface area (TPSA) is 18.5 Å². The van der Waals surface area contributed by atoms with Crippen LogP contribution >= 0.6 is 16.3 Å². The van der Waals surface area contributed by atoms with Gasteiger partial charge in [-0.3, -0.25) is 0 Å². The third-order valence-electron chi connectivity index (χ3n) is 10.6. The number of rotatable bonds is 9. The number of benzene rings is 4. The van der Waals surface area contributed by atoms with Gasteiger partial charge in [0.2, 0.25) is 0 Å². The van der Waals surface area contributed by atoms with Gasteiger partial charge in [0.05, 0.1) is 14.8 Å². The fourth-order valence-electron chi connectivity index (χ4n) is 8.19. The normalized spacial score (nSPS) is 16.7. The summed E-state index contributed by atoms with van der Waals surface area (Å²) in [6.07, 6.45) is 3.86. The minimum atomic E-state index is -0.710. The fraction of sp³-hybridized carbons (Fsp3) is 0.467. The summed E-state index contributed by atoms with van der Waals surface area (Å²) in [5.74, 6) is 1.08. The summed E-state index contributed by atoms with van der Waals surface area (Å²) in [5, 5.41) is 0. The minimum absolute atomic E-state index is 0.00359. The molecule has 0 spiro atoms. The van der Waals surface area contributed by atoms with E-state index in [2.05, 4.69) is 145 Å². The predicted molar refractivity (Wildman–Crippen MR) is 216 cm³/mol. The van der Waals surface area contributed by atoms with Crippen LogP contribution in [-0.2, 0) is 34.1 Å². The van der Waals surface area contributed by atoms with Gasteiger partial charge in [0.15, 0.2) is 0 Å². The molecule has 1 aliphatic heterocycles. The maximum absolute atomic E-state index is 7.06. The molecule has 5 rings (SSSR count). The summed E-state index contributed by atoms with van der Waals surface area (Å²) >= 11 is 0. The van der Waals surface area contributed by atoms with Gasteiger partial charge in [0.1, 0.15) is 5.75 Å². The molecule has 0 saturated carbocycles. The molecule has 0 N–H and O–H groups in total. The summed E-state index contributed by atoms with van der Waals surface area (Å²) < 4.78 is 13.9. The molecule has 4 heteroatoms. The molecule has 1 aliphatic rings. The van der Waals surface area contributed by atoms with Crippen LogP contribution in [0.1, 0.15) is 111 Å². The van der Waals surface area contributed by atoms with Gasteiger partial charge in [-0.1, -0.05) is 98.5 Å². The zero-order chi connectivity index (χ0) is 36.0. The Morgan fingerprint density at radius 3 is 2.00 bits per heavy atom. The molecule has 0 amide bonds. The Morgan fingerprint density at radius 2 is 1.31 bits per heavy atom. The number of hydrogen-bond acceptors (Lipinski definition) is 2. The van der Waals surface area contributed by atoms with Gasteiger partial charge in [0, 0.05) is 38.5 Å². The lowest BCUT2D eigenvalue weighted by Crippen LogP contribution is -2.24. The molecule has 49 heavy (non-hydrogen) atoms. The Labute approximate surface area is 301 Å². The summed E-state index contributed by atoms with van der Waals surface area (Å²) in [4.78, 5) is 0. The molecule has 0 aliphatic carbocycles. The first-order valence-electron chi connectivity index (χ1n) is 18.0. The van der Waals surface area contributed by atoms with Crippen molar-refractivity contribution in [3.8, 4) is 5.75 Å². The van der Waals surface area contributed by atoms with E-state index in [1.807, 2.05) is 0 Å². The average molecular weight is 695 g/mol. The second kappa shape index (κ2) is 14.6. The molecule has 1 heterocycles. The van der Waals surface area contributed by atoms with Crippen LogP contribution in [0.2, 0.25) is 0 Å². The van der Waals surface area contributed by atoms with E-state index in [9.17, 15) is 0 Å². The van der Waals surface area contributed by atoms with Crippen molar-refractivity contribution in [1.29, 1.82) is 0 Å². The van der Waals surface area contributed by atoms with Crippen molar-refractivity contribution >= 4 is 16.3 Å². The molecule has 2 nitrogen and oxygen atoms in total. The highest BCUT2D eigenvalue weighted by atomic mass is 31.1. The van der Waals surface area contributed by atoms with E-state index in [0.717, 1.165) is 37.3 Å². The van der Waals surface area contributed by atoms with E-state index < -0.39 is 16.3 Å². The third-order valence-corrected chi connectivity index (χ3v) is 14.2. The van der Waals surface area contributed by atoms with Crippen molar-refractivity contribution in [1.82, 2.24) is 0 Å². The Kier molecular flexibility index (Phi) is 11.3. The van der Waals surface area contributed by atoms with E-state index in [1.54, 1.807) is 0 Å². The van der Waals surface area contributed by atoms with Crippen LogP contribution in [0.3, 0.4) is 0 Å². The molecule has 4 aromatic rings. The van der Waals surface area contributed by atoms with Crippen LogP contribution in [-0.4, -0.2) is 19.4 Å². The van der Waals surface area contributed by atoms with Crippen molar-refractivity contribution in [2.24, 2.45) is 0 Å². The van der Waals surface area contributed by atoms with E-state index in [4.69, 9.17) is 9.05 Å². The maximum Gasteiger partial charge on any atom is 0.129 e. The summed E-state index contributed by atoms with van der Waals surface area (Å²) in [6, 6.07) is 18.9. The van der Waals surface area contributed by atoms with Gasteiger partial charge in [0.25, 0.3) is 0 Å². The van der Waals surface area contributed by atoms with Gasteiger partial charge >= 0.3 is 0 Å². The molecule has 0 saturated heterocycles. The quantitative estimate of drug-likeness (QED) is 0.162. The van der Waals surface area contributed by atoms with Gasteiger partial charge < -0.3 is 9.05 Å². The van der Waals surface area contributed by atoms with Crippen molar-refractivity contribution in [3.05, 3.63) is 132 Å². The number of hydrogen-bond donors (Lipinski definition) is 0. The Balaban J connectivity index is 1.45. The average Bonchev–Trinajstić information content (AvgIpc) is 3.09. The molecular formula is C45H60O2P2. The molecule has 0 fully saturated rings. The molecule has 2 atom stereocenters. The molecule has 0 radical (unpaired) electrons. The third kappa shape index (κ3) is 8.52. The standard InChI is InChI=1S/C45H60O2P2/c1-28-16-33(6)39(24-49-25-40-34(7)17-31(4)22-42(40)44(10,11)26-46-49)37(19-28)23-38-20-29(2)18-35(8)43(38)47-48(14)27-45(12,13)41-21-30(3)15-32(5)36(41)9/h15-22H,23-27H2,1-14H3. The second-order valence-electron chi connectivity index (χ2n) is 16.5. The lowest BCUT2D eigenvalue weighted by molar-refractivity contribution is 0.267. The van der Waals surface area contributed by atoms with Gasteiger partial charge in [-0.2, -0.15) is 0 Å². The van der Waals surface area contributed by atoms with Crippen LogP contribution in [0.4, 0.5) is 0 Å². The van der Waals surface area contributed by atoms with Crippen molar-refractivity contribution in [3.63, 3.8) is 0 Å². The largest absolute Gasteiger partial charge is 0.474 e. The van der Waals surface area contributed by atoms with Crippen molar-refractivity contribution in [2.75, 3.05) is 19.4 Å². The second-order valence-corrected chi connectivity index (χ2v) is 20.2. The molecule has 0 aromatic heterocycles. The van der Waals surface area contributed by atoms with E-state index in [0.29, 0.717) is 0 Å². The molecule has 262 valence electrons. The van der Waals surface area contributed by atoms with E-state index in [-0.39, 0.29) is 10.8 Å². The van der Waals surface area contributed by atoms with Crippen LogP contribution in [0.25, 0.3) is 0 Å². The van der Waals surface area contributed by atoms with Crippen LogP contribution < -0.4 is 4.52 Å². The van der Waals surface area contributed by atoms with Gasteiger partial charge in [-0.05, 0) is 136 Å². The highest BCUT2D eigenvalue weighted by Crippen LogP contribution is 2.52. The fourth-order valence-corrected chi connectivity index (χ4v) is 12.5. The van der Waals surface area contributed by atoms with Crippen molar-refractivity contribution < 1.29 is 9.05 Å². The van der Waals surface area contributed by atoms with E-state index >= 15 is 0 Å². The lowest BCUT2D eigenvalue weighted by atomic mass is 9.81. The van der Waals surface area contributed by atoms with Crippen LogP contribution in [0.5, 0.6) is 5.75 Å². The van der Waals surface area contributed by atoms with E-state index in [1.165, 1.54) is 83.5 Å². The highest BCUT2D eigenvalue weighted by Gasteiger charge is 2.32. The maximum atomic E-state index is 7.06. The SMILES string of the molecule is Cc1cc(C)c(CP2Cc3c(C)cc(C)cc3C(C)(C)CO2)c(Cc2cc(C)cc(C)c2OP(C)CC(C)(C)c2cc(C)cc(C)c2C)c1. The highest BCUT2D eigenvalue weighted by molar-refractivity contribution is 7.52. The molecule has 0 bridgehead atoms. The summed E-state index contributed by atoms with van der Waals surface area (Å²) in [6.45, 7) is 32.8. The minimum Gasteiger partial charge on any atom is -0.474 e. The summed E-state index contributed by atoms with van der Waals surface area (Å²) in [7, 11) is -1.38. The Hall–Kier alpha value is -2.50. The van der Waals surface area contributed by atoms with Crippen LogP contribution in [0, 0.1) is 62.3 Å². The molecule has 4 aromatic carbocycles. The zero-order valence-electron chi connectivity index (χ0n) is 32.9. The predicted octanol–water partition coefficient (Wildman–Crippen LogP) is 12.8. The van der Waals surface area contributed by atoms with Gasteiger partial charge in [-0.15, -0.1) is 0 Å². The Morgan fingerprint density at radius 1 is 0.735 bits per heavy atom. The summed E-state index contributed by atoms with van der Waals surface area (Å²) in [5.41, 5.74) is 20.7. The smallest absolute Gasteiger partial charge is 0.129 e. The van der Waals surface area contributed by atoms with Gasteiger partial charge in [-0.25, -0.2) is 0 Å². The van der Waals surface area contributed by atoms with Crippen molar-refractivity contribution in [2.45, 2.75) is 120 Å². The molecule has 2 unspecified atom stereocenters. The monoisotopic (exact) mass is 694 g/mol. The first-order valence-corrected chi connectivity index (χ1v) is 21.5. The first-order chi connectivity index (χ1) is 22.8. The number of aryl methyl sites for hydroxylation is 8. The van der Waals surface area contributed by atoms with Crippen LogP contribution in [0.15, 0.2) is 48.5 Å². The lowest BCUT2D eigenvalue weighted by Gasteiger charge is -2.32. The zero-order valence-corrected chi connectivity index (χ0v) is 34.7. The molecular weight excluding hydrogens is 634 g/mol. The Bertz CT molecular complexity index is 1870.